The maximum Gasteiger partial charge on any atom is 0.255 e. The highest BCUT2D eigenvalue weighted by molar-refractivity contribution is 7.43. The Bertz CT molecular complexity index is 1180. The van der Waals surface area contributed by atoms with Crippen LogP contribution in [-0.2, 0) is 15.5 Å². The maximum absolute atomic E-state index is 12.8. The Morgan fingerprint density at radius 1 is 1.00 bits per heavy atom. The number of unbranched alkanes of at least 4 members (excludes halogenated alkanes) is 1. The Hall–Kier alpha value is -3.10. The Morgan fingerprint density at radius 2 is 1.73 bits per heavy atom. The van der Waals surface area contributed by atoms with Crippen molar-refractivity contribution in [2.75, 3.05) is 18.1 Å². The van der Waals surface area contributed by atoms with Crippen molar-refractivity contribution in [2.45, 2.75) is 32.9 Å². The molecule has 0 radical (unpaired) electrons. The fourth-order valence-electron chi connectivity index (χ4n) is 3.84. The average Bonchev–Trinajstić information content (AvgIpc) is 2.83. The molecule has 33 heavy (non-hydrogen) atoms. The lowest BCUT2D eigenvalue weighted by molar-refractivity contribution is -0.113. The van der Waals surface area contributed by atoms with E-state index in [2.05, 4.69) is 49.5 Å². The second-order valence-electron chi connectivity index (χ2n) is 8.55. The molecular weight excluding hydrogens is 429 g/mol. The summed E-state index contributed by atoms with van der Waals surface area (Å²) in [5, 5.41) is 2.95. The molecule has 1 aliphatic rings. The number of ether oxygens (including phenoxy) is 1. The van der Waals surface area contributed by atoms with Gasteiger partial charge in [-0.1, -0.05) is 61.4 Å². The predicted octanol–water partition coefficient (Wildman–Crippen LogP) is 6.94. The highest BCUT2D eigenvalue weighted by Gasteiger charge is 2.18. The summed E-state index contributed by atoms with van der Waals surface area (Å²) in [6.07, 6.45) is 5.41. The van der Waals surface area contributed by atoms with Crippen molar-refractivity contribution in [3.63, 3.8) is 0 Å². The minimum Gasteiger partial charge on any atom is -0.488 e. The smallest absolute Gasteiger partial charge is 0.255 e. The number of fused-ring (bicyclic) bond motifs is 1. The first kappa shape index (κ1) is 23.1. The third kappa shape index (κ3) is 6.03. The first-order valence-corrected chi connectivity index (χ1v) is 13.3. The molecule has 0 aliphatic carbocycles. The van der Waals surface area contributed by atoms with Gasteiger partial charge in [-0.05, 0) is 66.5 Å². The van der Waals surface area contributed by atoms with Crippen molar-refractivity contribution in [1.29, 1.82) is 0 Å². The highest BCUT2D eigenvalue weighted by atomic mass is 31.1. The van der Waals surface area contributed by atoms with Crippen LogP contribution < -0.4 is 10.1 Å². The molecule has 0 bridgehead atoms. The van der Waals surface area contributed by atoms with Gasteiger partial charge in [-0.2, -0.15) is 0 Å². The van der Waals surface area contributed by atoms with Gasteiger partial charge in [0.2, 0.25) is 0 Å². The third-order valence-electron chi connectivity index (χ3n) is 5.82. The summed E-state index contributed by atoms with van der Waals surface area (Å²) in [7, 11) is -1.57. The maximum atomic E-state index is 12.8. The van der Waals surface area contributed by atoms with Crippen molar-refractivity contribution in [1.82, 2.24) is 0 Å². The topological polar surface area (TPSA) is 55.4 Å². The third-order valence-corrected chi connectivity index (χ3v) is 7.54. The first-order chi connectivity index (χ1) is 16.0. The lowest BCUT2D eigenvalue weighted by Crippen LogP contribution is -2.21. The van der Waals surface area contributed by atoms with Gasteiger partial charge in [-0.3, -0.25) is 4.79 Å². The standard InChI is InChI=1S/C28H30NO3P/c1-3-4-15-33(31)19-21-7-12-26(13-8-21)29-28(30)25-17-24-16-23(11-14-27(24)32-18-25)22-9-5-20(2)6-10-22/h5-14,16-17,33H,3-4,15,18-19H2,1-2H3,(H,29,30). The number of carbonyl (C=O) groups is 1. The van der Waals surface area contributed by atoms with Crippen LogP contribution in [0, 0.1) is 6.92 Å². The molecule has 0 fully saturated rings. The van der Waals surface area contributed by atoms with Gasteiger partial charge in [0.15, 0.2) is 0 Å². The summed E-state index contributed by atoms with van der Waals surface area (Å²) in [4.78, 5) is 12.8. The Labute approximate surface area is 196 Å². The summed E-state index contributed by atoms with van der Waals surface area (Å²) >= 11 is 0. The molecule has 0 saturated heterocycles. The molecule has 0 saturated carbocycles. The second-order valence-corrected chi connectivity index (χ2v) is 10.5. The van der Waals surface area contributed by atoms with Crippen molar-refractivity contribution in [3.8, 4) is 16.9 Å². The second kappa shape index (κ2) is 10.7. The minimum absolute atomic E-state index is 0.175. The van der Waals surface area contributed by atoms with E-state index in [0.717, 1.165) is 52.7 Å². The molecule has 1 atom stereocenters. The quantitative estimate of drug-likeness (QED) is 0.371. The molecule has 5 heteroatoms. The normalized spacial score (nSPS) is 13.5. The van der Waals surface area contributed by atoms with Crippen LogP contribution in [0.25, 0.3) is 17.2 Å². The van der Waals surface area contributed by atoms with Crippen molar-refractivity contribution >= 4 is 25.5 Å². The number of rotatable bonds is 8. The summed E-state index contributed by atoms with van der Waals surface area (Å²) in [5.41, 5.74) is 6.68. The van der Waals surface area contributed by atoms with Crippen molar-refractivity contribution < 1.29 is 14.1 Å². The molecule has 1 heterocycles. The Balaban J connectivity index is 1.44. The van der Waals surface area contributed by atoms with E-state index >= 15 is 0 Å². The molecule has 4 rings (SSSR count). The molecule has 1 amide bonds. The van der Waals surface area contributed by atoms with Crippen LogP contribution in [0.5, 0.6) is 5.75 Å². The molecule has 0 aromatic heterocycles. The number of anilines is 1. The molecule has 1 N–H and O–H groups in total. The van der Waals surface area contributed by atoms with Crippen LogP contribution >= 0.6 is 7.80 Å². The van der Waals surface area contributed by atoms with Crippen molar-refractivity contribution in [3.05, 3.63) is 89.0 Å². The zero-order valence-electron chi connectivity index (χ0n) is 19.2. The number of hydrogen-bond acceptors (Lipinski definition) is 3. The largest absolute Gasteiger partial charge is 0.488 e. The van der Waals surface area contributed by atoms with E-state index < -0.39 is 7.80 Å². The van der Waals surface area contributed by atoms with Gasteiger partial charge < -0.3 is 14.6 Å². The minimum atomic E-state index is -1.57. The van der Waals surface area contributed by atoms with Crippen LogP contribution in [0.2, 0.25) is 0 Å². The molecule has 1 unspecified atom stereocenters. The van der Waals surface area contributed by atoms with E-state index in [-0.39, 0.29) is 12.5 Å². The van der Waals surface area contributed by atoms with E-state index in [9.17, 15) is 9.36 Å². The van der Waals surface area contributed by atoms with E-state index in [1.54, 1.807) is 0 Å². The van der Waals surface area contributed by atoms with Gasteiger partial charge in [0, 0.05) is 17.4 Å². The van der Waals surface area contributed by atoms with Gasteiger partial charge in [-0.25, -0.2) is 0 Å². The van der Waals surface area contributed by atoms with Gasteiger partial charge in [0.1, 0.15) is 12.4 Å². The van der Waals surface area contributed by atoms with Gasteiger partial charge in [0.25, 0.3) is 5.91 Å². The zero-order chi connectivity index (χ0) is 23.2. The molecule has 1 aliphatic heterocycles. The van der Waals surface area contributed by atoms with Crippen LogP contribution in [0.15, 0.2) is 72.3 Å². The summed E-state index contributed by atoms with van der Waals surface area (Å²) in [6, 6.07) is 22.1. The number of nitrogens with one attached hydrogen (secondary N) is 1. The predicted molar refractivity (Wildman–Crippen MR) is 138 cm³/mol. The van der Waals surface area contributed by atoms with E-state index in [4.69, 9.17) is 4.74 Å². The van der Waals surface area contributed by atoms with E-state index in [0.29, 0.717) is 11.7 Å². The number of aryl methyl sites for hydroxylation is 1. The number of hydrogen-bond donors (Lipinski definition) is 1. The summed E-state index contributed by atoms with van der Waals surface area (Å²) in [5.74, 6) is 0.607. The Morgan fingerprint density at radius 3 is 2.45 bits per heavy atom. The van der Waals surface area contributed by atoms with Crippen LogP contribution in [0.1, 0.15) is 36.5 Å². The molecule has 3 aromatic carbocycles. The van der Waals surface area contributed by atoms with E-state index in [1.807, 2.05) is 42.5 Å². The fourth-order valence-corrected chi connectivity index (χ4v) is 5.46. The number of carbonyl (C=O) groups excluding carboxylic acids is 1. The molecule has 0 spiro atoms. The first-order valence-electron chi connectivity index (χ1n) is 11.5. The van der Waals surface area contributed by atoms with Crippen molar-refractivity contribution in [2.24, 2.45) is 0 Å². The van der Waals surface area contributed by atoms with E-state index in [1.165, 1.54) is 5.56 Å². The lowest BCUT2D eigenvalue weighted by Gasteiger charge is -2.19. The molecular formula is C28H30NO3P. The number of benzene rings is 3. The molecule has 170 valence electrons. The molecule has 3 aromatic rings. The van der Waals surface area contributed by atoms with Crippen LogP contribution in [0.3, 0.4) is 0 Å². The fraction of sp³-hybridized carbons (Fsp3) is 0.250. The van der Waals surface area contributed by atoms with Crippen LogP contribution in [0.4, 0.5) is 5.69 Å². The monoisotopic (exact) mass is 459 g/mol. The van der Waals surface area contributed by atoms with Gasteiger partial charge in [-0.15, -0.1) is 0 Å². The molecule has 4 nitrogen and oxygen atoms in total. The van der Waals surface area contributed by atoms with Crippen LogP contribution in [-0.4, -0.2) is 18.7 Å². The number of amides is 1. The average molecular weight is 460 g/mol. The van der Waals surface area contributed by atoms with Gasteiger partial charge >= 0.3 is 0 Å². The lowest BCUT2D eigenvalue weighted by atomic mass is 9.99. The van der Waals surface area contributed by atoms with Gasteiger partial charge in [0.05, 0.1) is 13.4 Å². The highest BCUT2D eigenvalue weighted by Crippen LogP contribution is 2.32. The zero-order valence-corrected chi connectivity index (χ0v) is 20.2. The summed E-state index contributed by atoms with van der Waals surface area (Å²) < 4.78 is 18.0. The SMILES string of the molecule is CCCC[PH](=O)Cc1ccc(NC(=O)C2=Cc3cc(-c4ccc(C)cc4)ccc3OC2)cc1. The Kier molecular flexibility index (Phi) is 7.47. The summed E-state index contributed by atoms with van der Waals surface area (Å²) in [6.45, 7) is 4.42.